The summed E-state index contributed by atoms with van der Waals surface area (Å²) >= 11 is 0. The number of carbonyl (C=O) groups excluding carboxylic acids is 5. The zero-order valence-electron chi connectivity index (χ0n) is 20.7. The Morgan fingerprint density at radius 2 is 1.65 bits per heavy atom. The number of carbonyl (C=O) groups is 5. The Hall–Kier alpha value is -4.21. The molecule has 3 aliphatic carbocycles. The molecule has 0 aromatic heterocycles. The Balaban J connectivity index is 1.71. The van der Waals surface area contributed by atoms with Crippen LogP contribution in [0, 0.1) is 17.8 Å². The topological polar surface area (TPSA) is 137 Å². The molecule has 0 saturated carbocycles. The summed E-state index contributed by atoms with van der Waals surface area (Å²) in [6.07, 6.45) is 2.32. The molecule has 0 spiro atoms. The second-order valence-corrected chi connectivity index (χ2v) is 9.48. The van der Waals surface area contributed by atoms with Gasteiger partial charge in [0.1, 0.15) is 0 Å². The Morgan fingerprint density at radius 1 is 1.00 bits per heavy atom. The zero-order chi connectivity index (χ0) is 26.8. The highest BCUT2D eigenvalue weighted by Gasteiger charge is 2.58. The van der Waals surface area contributed by atoms with Gasteiger partial charge in [0.15, 0.2) is 23.1 Å². The van der Waals surface area contributed by atoms with Crippen LogP contribution in [0.15, 0.2) is 46.6 Å². The monoisotopic (exact) mass is 507 g/mol. The highest BCUT2D eigenvalue weighted by atomic mass is 16.5. The van der Waals surface area contributed by atoms with Gasteiger partial charge in [-0.25, -0.2) is 4.79 Å². The molecule has 4 aliphatic rings. The van der Waals surface area contributed by atoms with Gasteiger partial charge >= 0.3 is 6.09 Å². The molecule has 192 valence electrons. The predicted octanol–water partition coefficient (Wildman–Crippen LogP) is 2.61. The number of rotatable bonds is 3. The maximum atomic E-state index is 13.5. The maximum Gasteiger partial charge on any atom is 0.423 e. The average Bonchev–Trinajstić information content (AvgIpc) is 3.15. The molecule has 1 aromatic rings. The van der Waals surface area contributed by atoms with Crippen molar-refractivity contribution in [2.24, 2.45) is 17.8 Å². The fourth-order valence-corrected chi connectivity index (χ4v) is 6.09. The highest BCUT2D eigenvalue weighted by molar-refractivity contribution is 6.24. The van der Waals surface area contributed by atoms with E-state index in [9.17, 15) is 29.1 Å². The van der Waals surface area contributed by atoms with Gasteiger partial charge in [-0.1, -0.05) is 11.6 Å². The summed E-state index contributed by atoms with van der Waals surface area (Å²) in [4.78, 5) is 65.8. The molecule has 1 aliphatic heterocycles. The van der Waals surface area contributed by atoms with E-state index in [1.807, 2.05) is 6.08 Å². The van der Waals surface area contributed by atoms with E-state index in [1.54, 1.807) is 19.1 Å². The summed E-state index contributed by atoms with van der Waals surface area (Å²) in [7, 11) is 3.85. The van der Waals surface area contributed by atoms with Crippen LogP contribution in [0.25, 0.3) is 0 Å². The molecule has 4 atom stereocenters. The van der Waals surface area contributed by atoms with E-state index >= 15 is 0 Å². The van der Waals surface area contributed by atoms with Gasteiger partial charge in [0.2, 0.25) is 17.6 Å². The molecule has 37 heavy (non-hydrogen) atoms. The summed E-state index contributed by atoms with van der Waals surface area (Å²) in [5, 5.41) is 10.5. The number of phenolic OH excluding ortho intramolecular Hbond substituents is 1. The van der Waals surface area contributed by atoms with Crippen molar-refractivity contribution in [1.29, 1.82) is 0 Å². The van der Waals surface area contributed by atoms with Gasteiger partial charge in [0, 0.05) is 22.6 Å². The van der Waals surface area contributed by atoms with Crippen LogP contribution in [-0.2, 0) is 23.9 Å². The first-order valence-electron chi connectivity index (χ1n) is 11.7. The molecule has 1 heterocycles. The number of imide groups is 3. The molecular weight excluding hydrogens is 482 g/mol. The number of ketones is 2. The maximum absolute atomic E-state index is 13.5. The standard InChI is InChI=1S/C27H25NO9/c1-11-7-17(29)16-10-15-13(5-6-14-21(15)26(33)28(25(14)32)27(34)37-4)20(22(16)23(11)30)12-8-18(35-2)24(31)19(9-12)36-3/h5,7-9,14-15,20-21,31H,6,10H2,1-4H3/t14-,15+,20-,21-/m0/s1. The molecule has 5 rings (SSSR count). The number of allylic oxidation sites excluding steroid dienone is 6. The number of benzene rings is 1. The predicted molar refractivity (Wildman–Crippen MR) is 127 cm³/mol. The van der Waals surface area contributed by atoms with E-state index in [4.69, 9.17) is 9.47 Å². The van der Waals surface area contributed by atoms with Gasteiger partial charge < -0.3 is 19.3 Å². The molecule has 10 heteroatoms. The van der Waals surface area contributed by atoms with Gasteiger partial charge in [0.25, 0.3) is 0 Å². The van der Waals surface area contributed by atoms with E-state index in [1.165, 1.54) is 20.3 Å². The van der Waals surface area contributed by atoms with Crippen molar-refractivity contribution in [3.8, 4) is 17.2 Å². The average molecular weight is 507 g/mol. The van der Waals surface area contributed by atoms with E-state index in [0.29, 0.717) is 27.2 Å². The number of nitrogens with zero attached hydrogens (tertiary/aromatic N) is 1. The van der Waals surface area contributed by atoms with Crippen molar-refractivity contribution in [1.82, 2.24) is 4.90 Å². The first-order chi connectivity index (χ1) is 17.6. The number of aromatic hydroxyl groups is 1. The molecule has 1 fully saturated rings. The van der Waals surface area contributed by atoms with Crippen molar-refractivity contribution in [3.05, 3.63) is 52.1 Å². The summed E-state index contributed by atoms with van der Waals surface area (Å²) in [5.41, 5.74) is 2.07. The summed E-state index contributed by atoms with van der Waals surface area (Å²) in [6, 6.07) is 3.13. The van der Waals surface area contributed by atoms with Crippen LogP contribution in [-0.4, -0.2) is 60.8 Å². The largest absolute Gasteiger partial charge is 0.502 e. The molecule has 0 radical (unpaired) electrons. The second-order valence-electron chi connectivity index (χ2n) is 9.48. The van der Waals surface area contributed by atoms with Crippen LogP contribution < -0.4 is 9.47 Å². The summed E-state index contributed by atoms with van der Waals surface area (Å²) in [5.74, 6) is -4.98. The van der Waals surface area contributed by atoms with Crippen LogP contribution in [0.3, 0.4) is 0 Å². The molecular formula is C27H25NO9. The van der Waals surface area contributed by atoms with Crippen molar-refractivity contribution in [2.75, 3.05) is 21.3 Å². The Bertz CT molecular complexity index is 1360. The SMILES string of the molecule is COC(=O)N1C(=O)[C@H]2[C@H](CC=C3[C@H](c4cc(OC)c(O)c(OC)c4)C4=C(C[C@H]32)C(=O)C=C(C)C4=O)C1=O. The number of fused-ring (bicyclic) bond motifs is 3. The van der Waals surface area contributed by atoms with E-state index < -0.39 is 41.6 Å². The van der Waals surface area contributed by atoms with Crippen LogP contribution in [0.1, 0.15) is 31.2 Å². The number of phenols is 1. The van der Waals surface area contributed by atoms with E-state index in [0.717, 1.165) is 7.11 Å². The summed E-state index contributed by atoms with van der Waals surface area (Å²) < 4.78 is 15.3. The normalized spacial score (nSPS) is 26.8. The quantitative estimate of drug-likeness (QED) is 0.372. The molecule has 1 saturated heterocycles. The zero-order valence-corrected chi connectivity index (χ0v) is 20.7. The van der Waals surface area contributed by atoms with Crippen LogP contribution in [0.2, 0.25) is 0 Å². The van der Waals surface area contributed by atoms with Crippen LogP contribution in [0.4, 0.5) is 4.79 Å². The number of Topliss-reactive ketones (excluding diaryl/α,β-unsaturated/α-hetero) is 1. The first kappa shape index (κ1) is 24.5. The first-order valence-corrected chi connectivity index (χ1v) is 11.7. The molecule has 3 amide bonds. The molecule has 0 unspecified atom stereocenters. The number of amides is 3. The second kappa shape index (κ2) is 8.72. The van der Waals surface area contributed by atoms with Crippen molar-refractivity contribution in [3.63, 3.8) is 0 Å². The molecule has 10 nitrogen and oxygen atoms in total. The number of hydrogen-bond acceptors (Lipinski definition) is 9. The van der Waals surface area contributed by atoms with Gasteiger partial charge in [-0.05, 0) is 49.5 Å². The Kier molecular flexibility index (Phi) is 5.77. The fourth-order valence-electron chi connectivity index (χ4n) is 6.09. The lowest BCUT2D eigenvalue weighted by Gasteiger charge is -2.42. The van der Waals surface area contributed by atoms with Crippen LogP contribution in [0.5, 0.6) is 17.2 Å². The molecule has 1 aromatic carbocycles. The number of ether oxygens (including phenoxy) is 3. The Morgan fingerprint density at radius 3 is 2.24 bits per heavy atom. The highest BCUT2D eigenvalue weighted by Crippen LogP contribution is 2.56. The number of likely N-dealkylation sites (tertiary alicyclic amines) is 1. The van der Waals surface area contributed by atoms with Gasteiger partial charge in [0.05, 0.1) is 33.2 Å². The smallest absolute Gasteiger partial charge is 0.423 e. The summed E-state index contributed by atoms with van der Waals surface area (Å²) in [6.45, 7) is 1.57. The van der Waals surface area contributed by atoms with Crippen LogP contribution >= 0.6 is 0 Å². The van der Waals surface area contributed by atoms with Crippen molar-refractivity contribution < 1.29 is 43.3 Å². The molecule has 0 bridgehead atoms. The van der Waals surface area contributed by atoms with E-state index in [2.05, 4.69) is 4.74 Å². The minimum Gasteiger partial charge on any atom is -0.502 e. The third-order valence-corrected chi connectivity index (χ3v) is 7.76. The minimum atomic E-state index is -1.05. The third kappa shape index (κ3) is 3.42. The van der Waals surface area contributed by atoms with Gasteiger partial charge in [-0.15, -0.1) is 0 Å². The lowest BCUT2D eigenvalue weighted by Crippen LogP contribution is -2.40. The third-order valence-electron chi connectivity index (χ3n) is 7.76. The van der Waals surface area contributed by atoms with E-state index in [-0.39, 0.29) is 47.2 Å². The van der Waals surface area contributed by atoms with Crippen molar-refractivity contribution >= 4 is 29.5 Å². The number of methoxy groups -OCH3 is 3. The lowest BCUT2D eigenvalue weighted by atomic mass is 9.59. The number of hydrogen-bond donors (Lipinski definition) is 1. The van der Waals surface area contributed by atoms with Crippen molar-refractivity contribution in [2.45, 2.75) is 25.7 Å². The fraction of sp³-hybridized carbons (Fsp3) is 0.370. The Labute approximate surface area is 212 Å². The lowest BCUT2D eigenvalue weighted by molar-refractivity contribution is -0.137. The molecule has 1 N–H and O–H groups in total. The minimum absolute atomic E-state index is 0.0770. The van der Waals surface area contributed by atoms with Gasteiger partial charge in [-0.3, -0.25) is 19.2 Å². The van der Waals surface area contributed by atoms with Gasteiger partial charge in [-0.2, -0.15) is 4.90 Å².